The zero-order valence-electron chi connectivity index (χ0n) is 7.20. The fraction of sp³-hybridized carbons (Fsp3) is 0.556. The maximum atomic E-state index is 3.90. The smallest absolute Gasteiger partial charge is 0.00915 e. The molecule has 0 aliphatic carbocycles. The molecule has 0 aliphatic rings. The lowest BCUT2D eigenvalue weighted by Gasteiger charge is -2.25. The molecule has 0 radical (unpaired) electrons. The van der Waals surface area contributed by atoms with Crippen LogP contribution in [0.5, 0.6) is 0 Å². The van der Waals surface area contributed by atoms with Crippen molar-refractivity contribution in [3.05, 3.63) is 24.9 Å². The van der Waals surface area contributed by atoms with E-state index in [9.17, 15) is 0 Å². The minimum Gasteiger partial charge on any atom is -0.391 e. The van der Waals surface area contributed by atoms with Crippen molar-refractivity contribution in [3.8, 4) is 0 Å². The molecular weight excluding hydrogens is 122 g/mol. The number of allylic oxidation sites excluding steroid dienone is 2. The van der Waals surface area contributed by atoms with Gasteiger partial charge in [0.1, 0.15) is 0 Å². The molecule has 1 nitrogen and oxygen atoms in total. The summed E-state index contributed by atoms with van der Waals surface area (Å²) in [4.78, 5) is 0. The highest BCUT2D eigenvalue weighted by Gasteiger charge is 2.18. The molecule has 0 bridgehead atoms. The van der Waals surface area contributed by atoms with E-state index in [1.54, 1.807) is 0 Å². The Morgan fingerprint density at radius 1 is 1.60 bits per heavy atom. The molecule has 0 saturated carbocycles. The summed E-state index contributed by atoms with van der Waals surface area (Å²) in [6.45, 7) is 11.9. The lowest BCUT2D eigenvalue weighted by molar-refractivity contribution is 0.430. The van der Waals surface area contributed by atoms with Gasteiger partial charge in [0.05, 0.1) is 0 Å². The second kappa shape index (κ2) is 3.45. The minimum atomic E-state index is 0.135. The van der Waals surface area contributed by atoms with Crippen LogP contribution in [-0.4, -0.2) is 7.05 Å². The summed E-state index contributed by atoms with van der Waals surface area (Å²) < 4.78 is 0. The molecule has 0 rings (SSSR count). The molecular formula is C9H17N. The van der Waals surface area contributed by atoms with E-state index in [0.717, 1.165) is 12.1 Å². The Labute approximate surface area is 63.8 Å². The Balaban J connectivity index is 4.08. The van der Waals surface area contributed by atoms with Crippen LogP contribution >= 0.6 is 0 Å². The van der Waals surface area contributed by atoms with Gasteiger partial charge in [-0.15, -0.1) is 6.58 Å². The van der Waals surface area contributed by atoms with Crippen molar-refractivity contribution in [2.24, 2.45) is 5.41 Å². The van der Waals surface area contributed by atoms with Crippen LogP contribution in [-0.2, 0) is 0 Å². The van der Waals surface area contributed by atoms with Crippen molar-refractivity contribution < 1.29 is 0 Å². The Bertz CT molecular complexity index is 134. The Hall–Kier alpha value is -0.720. The normalized spacial score (nSPS) is 10.7. The standard InChI is InChI=1S/C9H17N/c1-6-7-9(3,4)8(2)10-5/h6,10H,1-2,7H2,3-5H3. The zero-order chi connectivity index (χ0) is 8.20. The second-order valence-corrected chi connectivity index (χ2v) is 3.11. The van der Waals surface area contributed by atoms with E-state index < -0.39 is 0 Å². The van der Waals surface area contributed by atoms with Crippen LogP contribution in [0.4, 0.5) is 0 Å². The SMILES string of the molecule is C=CCC(C)(C)C(=C)NC. The van der Waals surface area contributed by atoms with Gasteiger partial charge in [0.2, 0.25) is 0 Å². The van der Waals surface area contributed by atoms with Gasteiger partial charge in [0.25, 0.3) is 0 Å². The van der Waals surface area contributed by atoms with Gasteiger partial charge in [0, 0.05) is 18.2 Å². The summed E-state index contributed by atoms with van der Waals surface area (Å²) in [6, 6.07) is 0. The van der Waals surface area contributed by atoms with Crippen molar-refractivity contribution >= 4 is 0 Å². The van der Waals surface area contributed by atoms with Gasteiger partial charge in [-0.1, -0.05) is 26.5 Å². The van der Waals surface area contributed by atoms with E-state index in [1.165, 1.54) is 0 Å². The first kappa shape index (κ1) is 9.28. The lowest BCUT2D eigenvalue weighted by Crippen LogP contribution is -2.22. The van der Waals surface area contributed by atoms with Crippen LogP contribution < -0.4 is 5.32 Å². The van der Waals surface area contributed by atoms with Gasteiger partial charge in [0.15, 0.2) is 0 Å². The first-order chi connectivity index (χ1) is 4.54. The number of rotatable bonds is 4. The van der Waals surface area contributed by atoms with Crippen molar-refractivity contribution in [2.45, 2.75) is 20.3 Å². The molecule has 0 aromatic heterocycles. The second-order valence-electron chi connectivity index (χ2n) is 3.11. The van der Waals surface area contributed by atoms with Crippen LogP contribution in [0.1, 0.15) is 20.3 Å². The number of nitrogens with one attached hydrogen (secondary N) is 1. The molecule has 0 amide bonds. The maximum Gasteiger partial charge on any atom is 0.00915 e. The van der Waals surface area contributed by atoms with E-state index in [0.29, 0.717) is 0 Å². The molecule has 0 atom stereocenters. The molecule has 0 aromatic rings. The average molecular weight is 139 g/mol. The molecule has 10 heavy (non-hydrogen) atoms. The fourth-order valence-corrected chi connectivity index (χ4v) is 0.822. The van der Waals surface area contributed by atoms with Crippen molar-refractivity contribution in [3.63, 3.8) is 0 Å². The topological polar surface area (TPSA) is 12.0 Å². The van der Waals surface area contributed by atoms with E-state index in [1.807, 2.05) is 13.1 Å². The Kier molecular flexibility index (Phi) is 3.20. The first-order valence-electron chi connectivity index (χ1n) is 3.52. The van der Waals surface area contributed by atoms with Crippen molar-refractivity contribution in [1.82, 2.24) is 5.32 Å². The Morgan fingerprint density at radius 3 is 2.40 bits per heavy atom. The van der Waals surface area contributed by atoms with Gasteiger partial charge >= 0.3 is 0 Å². The molecule has 0 spiro atoms. The molecule has 0 aromatic carbocycles. The third kappa shape index (κ3) is 2.26. The summed E-state index contributed by atoms with van der Waals surface area (Å²) in [5, 5.41) is 3.05. The van der Waals surface area contributed by atoms with Gasteiger partial charge in [-0.3, -0.25) is 0 Å². The zero-order valence-corrected chi connectivity index (χ0v) is 7.20. The van der Waals surface area contributed by atoms with Crippen LogP contribution in [0, 0.1) is 5.41 Å². The monoisotopic (exact) mass is 139 g/mol. The highest BCUT2D eigenvalue weighted by atomic mass is 14.8. The summed E-state index contributed by atoms with van der Waals surface area (Å²) in [7, 11) is 1.90. The molecule has 0 fully saturated rings. The molecule has 1 N–H and O–H groups in total. The molecule has 0 heterocycles. The number of hydrogen-bond acceptors (Lipinski definition) is 1. The van der Waals surface area contributed by atoms with Crippen molar-refractivity contribution in [1.29, 1.82) is 0 Å². The molecule has 0 aliphatic heterocycles. The van der Waals surface area contributed by atoms with Crippen LogP contribution in [0.15, 0.2) is 24.9 Å². The largest absolute Gasteiger partial charge is 0.391 e. The van der Waals surface area contributed by atoms with Crippen LogP contribution in [0.2, 0.25) is 0 Å². The Morgan fingerprint density at radius 2 is 2.10 bits per heavy atom. The maximum absolute atomic E-state index is 3.90. The predicted molar refractivity (Wildman–Crippen MR) is 46.8 cm³/mol. The summed E-state index contributed by atoms with van der Waals surface area (Å²) in [6.07, 6.45) is 2.88. The van der Waals surface area contributed by atoms with Gasteiger partial charge < -0.3 is 5.32 Å². The third-order valence-corrected chi connectivity index (χ3v) is 1.77. The summed E-state index contributed by atoms with van der Waals surface area (Å²) in [5.74, 6) is 0. The molecule has 0 saturated heterocycles. The van der Waals surface area contributed by atoms with Crippen LogP contribution in [0.3, 0.4) is 0 Å². The van der Waals surface area contributed by atoms with Gasteiger partial charge in [-0.25, -0.2) is 0 Å². The van der Waals surface area contributed by atoms with Gasteiger partial charge in [-0.05, 0) is 6.42 Å². The highest BCUT2D eigenvalue weighted by molar-refractivity contribution is 5.05. The van der Waals surface area contributed by atoms with Crippen molar-refractivity contribution in [2.75, 3.05) is 7.05 Å². The van der Waals surface area contributed by atoms with E-state index in [-0.39, 0.29) is 5.41 Å². The van der Waals surface area contributed by atoms with Crippen LogP contribution in [0.25, 0.3) is 0 Å². The molecule has 1 heteroatoms. The van der Waals surface area contributed by atoms with E-state index >= 15 is 0 Å². The molecule has 58 valence electrons. The van der Waals surface area contributed by atoms with Gasteiger partial charge in [-0.2, -0.15) is 0 Å². The van der Waals surface area contributed by atoms with E-state index in [4.69, 9.17) is 0 Å². The third-order valence-electron chi connectivity index (χ3n) is 1.77. The lowest BCUT2D eigenvalue weighted by atomic mass is 9.86. The predicted octanol–water partition coefficient (Wildman–Crippen LogP) is 2.32. The quantitative estimate of drug-likeness (QED) is 0.589. The summed E-state index contributed by atoms with van der Waals surface area (Å²) >= 11 is 0. The first-order valence-corrected chi connectivity index (χ1v) is 3.52. The fourth-order valence-electron chi connectivity index (χ4n) is 0.822. The highest BCUT2D eigenvalue weighted by Crippen LogP contribution is 2.26. The molecule has 0 unspecified atom stereocenters. The summed E-state index contributed by atoms with van der Waals surface area (Å²) in [5.41, 5.74) is 1.20. The van der Waals surface area contributed by atoms with E-state index in [2.05, 4.69) is 32.3 Å². The number of hydrogen-bond donors (Lipinski definition) is 1. The average Bonchev–Trinajstić information content (AvgIpc) is 1.86. The minimum absolute atomic E-state index is 0.135.